The number of nitrogens with zero attached hydrogens (tertiary/aromatic N) is 1. The number of nitrogen functional groups attached to an aromatic ring is 1. The summed E-state index contributed by atoms with van der Waals surface area (Å²) < 4.78 is 5.03. The number of rotatable bonds is 10. The highest BCUT2D eigenvalue weighted by Crippen LogP contribution is 2.07. The first-order valence-electron chi connectivity index (χ1n) is 8.01. The van der Waals surface area contributed by atoms with Gasteiger partial charge in [0.1, 0.15) is 0 Å². The normalized spacial score (nSPS) is 9.80. The van der Waals surface area contributed by atoms with E-state index in [0.717, 1.165) is 32.5 Å². The third-order valence-electron chi connectivity index (χ3n) is 3.08. The van der Waals surface area contributed by atoms with Gasteiger partial charge in [0, 0.05) is 43.0 Å². The molecule has 4 nitrogen and oxygen atoms in total. The lowest BCUT2D eigenvalue weighted by atomic mass is 10.2. The van der Waals surface area contributed by atoms with E-state index >= 15 is 0 Å². The molecule has 0 saturated heterocycles. The third-order valence-corrected chi connectivity index (χ3v) is 3.59. The van der Waals surface area contributed by atoms with Crippen molar-refractivity contribution < 1.29 is 9.53 Å². The van der Waals surface area contributed by atoms with E-state index in [2.05, 4.69) is 11.8 Å². The molecule has 2 N–H and O–H groups in total. The summed E-state index contributed by atoms with van der Waals surface area (Å²) in [5.41, 5.74) is 6.70. The molecular weight excluding hydrogens is 406 g/mol. The van der Waals surface area contributed by atoms with E-state index in [9.17, 15) is 4.79 Å². The molecule has 1 aromatic carbocycles. The fourth-order valence-electron chi connectivity index (χ4n) is 1.71. The Morgan fingerprint density at radius 1 is 1.04 bits per heavy atom. The Hall–Kier alpha value is -0.390. The van der Waals surface area contributed by atoms with Gasteiger partial charge in [-0.15, -0.1) is 47.2 Å². The largest absolute Gasteiger partial charge is 0.462 e. The molecule has 146 valence electrons. The highest BCUT2D eigenvalue weighted by molar-refractivity contribution is 6.18. The molecule has 0 saturated carbocycles. The second-order valence-corrected chi connectivity index (χ2v) is 6.15. The predicted molar refractivity (Wildman–Crippen MR) is 112 cm³/mol. The van der Waals surface area contributed by atoms with Gasteiger partial charge in [-0.3, -0.25) is 4.90 Å². The van der Waals surface area contributed by atoms with Crippen LogP contribution in [0, 0.1) is 0 Å². The molecule has 0 atom stereocenters. The molecule has 25 heavy (non-hydrogen) atoms. The number of nitrogens with two attached hydrogens (primary N) is 1. The smallest absolute Gasteiger partial charge is 0.338 e. The van der Waals surface area contributed by atoms with Gasteiger partial charge in [-0.25, -0.2) is 4.79 Å². The molecule has 0 heterocycles. The van der Waals surface area contributed by atoms with Crippen LogP contribution in [-0.2, 0) is 4.74 Å². The van der Waals surface area contributed by atoms with Crippen LogP contribution in [-0.4, -0.2) is 54.8 Å². The first-order chi connectivity index (χ1) is 11.6. The number of esters is 1. The maximum atomic E-state index is 11.4. The maximum Gasteiger partial charge on any atom is 0.338 e. The lowest BCUT2D eigenvalue weighted by molar-refractivity contribution is 0.0500. The molecule has 1 rings (SSSR count). The van der Waals surface area contributed by atoms with Crippen LogP contribution < -0.4 is 5.73 Å². The number of hydrogen-bond donors (Lipinski definition) is 1. The first kappa shape index (κ1) is 26.8. The molecule has 0 unspecified atom stereocenters. The molecule has 0 bridgehead atoms. The molecule has 1 aromatic rings. The topological polar surface area (TPSA) is 55.6 Å². The summed E-state index contributed by atoms with van der Waals surface area (Å²) in [6, 6.07) is 6.72. The van der Waals surface area contributed by atoms with E-state index in [1.165, 1.54) is 0 Å². The van der Waals surface area contributed by atoms with Crippen molar-refractivity contribution in [1.82, 2.24) is 4.90 Å². The monoisotopic (exact) mass is 432 g/mol. The van der Waals surface area contributed by atoms with Gasteiger partial charge in [0.2, 0.25) is 0 Å². The highest BCUT2D eigenvalue weighted by Gasteiger charge is 2.05. The van der Waals surface area contributed by atoms with Crippen LogP contribution in [0.15, 0.2) is 24.3 Å². The number of benzene rings is 1. The Morgan fingerprint density at radius 2 is 1.52 bits per heavy atom. The Bertz CT molecular complexity index is 419. The molecule has 0 spiro atoms. The minimum Gasteiger partial charge on any atom is -0.462 e. The van der Waals surface area contributed by atoms with Crippen LogP contribution in [0.25, 0.3) is 0 Å². The molecule has 0 aromatic heterocycles. The van der Waals surface area contributed by atoms with E-state index in [0.29, 0.717) is 35.5 Å². The van der Waals surface area contributed by atoms with Crippen LogP contribution in [0.5, 0.6) is 0 Å². The van der Waals surface area contributed by atoms with Crippen LogP contribution >= 0.6 is 47.2 Å². The maximum absolute atomic E-state index is 11.4. The molecule has 0 radical (unpaired) electrons. The van der Waals surface area contributed by atoms with Gasteiger partial charge >= 0.3 is 5.97 Å². The van der Waals surface area contributed by atoms with Crippen molar-refractivity contribution in [3.63, 3.8) is 0 Å². The fraction of sp³-hybridized carbons (Fsp3) is 0.588. The van der Waals surface area contributed by atoms with Crippen molar-refractivity contribution in [1.29, 1.82) is 0 Å². The SMILES string of the molecule is CCCCOC(=O)c1ccc(N)cc1.Cl.ClCCN(CCCl)CCCl. The predicted octanol–water partition coefficient (Wildman–Crippen LogP) is 4.65. The number of hydrogen-bond acceptors (Lipinski definition) is 4. The Morgan fingerprint density at radius 3 is 1.92 bits per heavy atom. The molecule has 0 amide bonds. The minimum absolute atomic E-state index is 0. The van der Waals surface area contributed by atoms with Crippen molar-refractivity contribution in [3.05, 3.63) is 29.8 Å². The number of ether oxygens (including phenoxy) is 1. The Kier molecular flexibility index (Phi) is 19.8. The summed E-state index contributed by atoms with van der Waals surface area (Å²) in [5, 5.41) is 0. The average Bonchev–Trinajstić information content (AvgIpc) is 2.57. The summed E-state index contributed by atoms with van der Waals surface area (Å²) in [6.07, 6.45) is 1.93. The number of anilines is 1. The van der Waals surface area contributed by atoms with Gasteiger partial charge in [-0.1, -0.05) is 13.3 Å². The highest BCUT2D eigenvalue weighted by atomic mass is 35.5. The Labute approximate surface area is 172 Å². The van der Waals surface area contributed by atoms with Gasteiger partial charge in [0.05, 0.1) is 12.2 Å². The third kappa shape index (κ3) is 14.5. The summed E-state index contributed by atoms with van der Waals surface area (Å²) in [4.78, 5) is 13.5. The first-order valence-corrected chi connectivity index (χ1v) is 9.62. The zero-order valence-corrected chi connectivity index (χ0v) is 17.6. The molecule has 0 fully saturated rings. The number of carbonyl (C=O) groups is 1. The van der Waals surface area contributed by atoms with Crippen LogP contribution in [0.3, 0.4) is 0 Å². The fourth-order valence-corrected chi connectivity index (χ4v) is 2.42. The molecule has 0 aliphatic heterocycles. The van der Waals surface area contributed by atoms with Crippen molar-refractivity contribution >= 4 is 58.9 Å². The van der Waals surface area contributed by atoms with Crippen LogP contribution in [0.4, 0.5) is 5.69 Å². The summed E-state index contributed by atoms with van der Waals surface area (Å²) in [6.45, 7) is 5.17. The van der Waals surface area contributed by atoms with Crippen LogP contribution in [0.2, 0.25) is 0 Å². The molecule has 8 heteroatoms. The average molecular weight is 434 g/mol. The summed E-state index contributed by atoms with van der Waals surface area (Å²) >= 11 is 16.6. The molecule has 0 aliphatic rings. The second-order valence-electron chi connectivity index (χ2n) is 5.02. The van der Waals surface area contributed by atoms with E-state index < -0.39 is 0 Å². The number of alkyl halides is 3. The zero-order valence-electron chi connectivity index (χ0n) is 14.6. The van der Waals surface area contributed by atoms with Gasteiger partial charge < -0.3 is 10.5 Å². The number of halogens is 4. The minimum atomic E-state index is -0.279. The van der Waals surface area contributed by atoms with Gasteiger partial charge in [-0.05, 0) is 30.7 Å². The van der Waals surface area contributed by atoms with E-state index in [1.807, 2.05) is 0 Å². The quantitative estimate of drug-likeness (QED) is 0.252. The summed E-state index contributed by atoms with van der Waals surface area (Å²) in [5.74, 6) is 1.66. The van der Waals surface area contributed by atoms with E-state index in [-0.39, 0.29) is 18.4 Å². The van der Waals surface area contributed by atoms with Crippen molar-refractivity contribution in [2.24, 2.45) is 0 Å². The van der Waals surface area contributed by atoms with Gasteiger partial charge in [-0.2, -0.15) is 0 Å². The second kappa shape index (κ2) is 18.4. The van der Waals surface area contributed by atoms with Crippen molar-refractivity contribution in [3.8, 4) is 0 Å². The van der Waals surface area contributed by atoms with Crippen LogP contribution in [0.1, 0.15) is 30.1 Å². The number of carbonyl (C=O) groups excluding carboxylic acids is 1. The van der Waals surface area contributed by atoms with E-state index in [4.69, 9.17) is 45.3 Å². The molecule has 0 aliphatic carbocycles. The Balaban J connectivity index is 0. The summed E-state index contributed by atoms with van der Waals surface area (Å²) in [7, 11) is 0. The van der Waals surface area contributed by atoms with Gasteiger partial charge in [0.25, 0.3) is 0 Å². The molecular formula is C17H28Cl4N2O2. The van der Waals surface area contributed by atoms with Gasteiger partial charge in [0.15, 0.2) is 0 Å². The van der Waals surface area contributed by atoms with Crippen molar-refractivity contribution in [2.45, 2.75) is 19.8 Å². The lowest BCUT2D eigenvalue weighted by Gasteiger charge is -2.17. The standard InChI is InChI=1S/C11H15NO2.C6H12Cl3N.ClH/c1-2-3-8-14-11(13)9-4-6-10(12)7-5-9;7-1-4-10(5-2-8)6-3-9;/h4-7H,2-3,8,12H2,1H3;1-6H2;1H. The van der Waals surface area contributed by atoms with Crippen molar-refractivity contribution in [2.75, 3.05) is 49.6 Å². The van der Waals surface area contributed by atoms with E-state index in [1.54, 1.807) is 24.3 Å². The zero-order chi connectivity index (χ0) is 18.2. The number of unbranched alkanes of at least 4 members (excludes halogenated alkanes) is 1. The lowest BCUT2D eigenvalue weighted by Crippen LogP contribution is -2.29.